The zero-order chi connectivity index (χ0) is 20.2. The Morgan fingerprint density at radius 1 is 0.630 bits per heavy atom. The highest BCUT2D eigenvalue weighted by molar-refractivity contribution is 4.81. The number of aliphatic hydroxyl groups excluding tert-OH is 2. The molecule has 0 saturated carbocycles. The quantitative estimate of drug-likeness (QED) is 0.197. The highest BCUT2D eigenvalue weighted by Gasteiger charge is 2.10. The van der Waals surface area contributed by atoms with E-state index in [0.29, 0.717) is 13.1 Å². The Morgan fingerprint density at radius 3 is 1.48 bits per heavy atom. The van der Waals surface area contributed by atoms with Crippen LogP contribution in [-0.2, 0) is 0 Å². The van der Waals surface area contributed by atoms with Gasteiger partial charge in [-0.15, -0.1) is 0 Å². The Balaban J connectivity index is 3.40. The van der Waals surface area contributed by atoms with Crippen molar-refractivity contribution < 1.29 is 10.2 Å². The van der Waals surface area contributed by atoms with Gasteiger partial charge in [0.05, 0.1) is 12.2 Å². The summed E-state index contributed by atoms with van der Waals surface area (Å²) in [6, 6.07) is 0. The fourth-order valence-electron chi connectivity index (χ4n) is 3.59. The summed E-state index contributed by atoms with van der Waals surface area (Å²) in [6.07, 6.45) is 22.7. The molecule has 0 aromatic heterocycles. The molecule has 0 saturated heterocycles. The molecule has 0 fully saturated rings. The first-order valence-corrected chi connectivity index (χ1v) is 11.8. The molecular weight excluding hydrogens is 334 g/mol. The van der Waals surface area contributed by atoms with E-state index >= 15 is 0 Å². The van der Waals surface area contributed by atoms with Crippen molar-refractivity contribution in [3.63, 3.8) is 0 Å². The van der Waals surface area contributed by atoms with Gasteiger partial charge in [-0.05, 0) is 52.5 Å². The maximum Gasteiger partial charge on any atom is 0.0639 e. The van der Waals surface area contributed by atoms with Crippen LogP contribution >= 0.6 is 0 Å². The lowest BCUT2D eigenvalue weighted by Gasteiger charge is -2.24. The normalized spacial score (nSPS) is 14.3. The summed E-state index contributed by atoms with van der Waals surface area (Å²) in [7, 11) is 0. The predicted molar refractivity (Wildman–Crippen MR) is 119 cm³/mol. The first-order valence-electron chi connectivity index (χ1n) is 11.8. The third-order valence-electron chi connectivity index (χ3n) is 5.03. The summed E-state index contributed by atoms with van der Waals surface area (Å²) in [5.74, 6) is 0. The molecule has 2 unspecified atom stereocenters. The van der Waals surface area contributed by atoms with E-state index in [0.717, 1.165) is 13.0 Å². The van der Waals surface area contributed by atoms with Crippen LogP contribution in [0.1, 0.15) is 111 Å². The summed E-state index contributed by atoms with van der Waals surface area (Å²) in [5, 5.41) is 19.1. The molecule has 3 heteroatoms. The molecule has 0 spiro atoms. The van der Waals surface area contributed by atoms with Crippen molar-refractivity contribution in [2.75, 3.05) is 19.6 Å². The van der Waals surface area contributed by atoms with Crippen LogP contribution in [-0.4, -0.2) is 47.0 Å². The molecule has 0 aliphatic heterocycles. The minimum Gasteiger partial charge on any atom is -0.392 e. The van der Waals surface area contributed by atoms with E-state index in [-0.39, 0.29) is 12.2 Å². The Bertz CT molecular complexity index is 306. The van der Waals surface area contributed by atoms with E-state index in [4.69, 9.17) is 0 Å². The van der Waals surface area contributed by atoms with E-state index in [1.165, 1.54) is 83.5 Å². The van der Waals surface area contributed by atoms with Gasteiger partial charge in [0.1, 0.15) is 0 Å². The molecule has 0 heterocycles. The van der Waals surface area contributed by atoms with Crippen molar-refractivity contribution in [3.8, 4) is 0 Å². The Hall–Kier alpha value is -0.380. The maximum absolute atomic E-state index is 9.54. The van der Waals surface area contributed by atoms with Crippen molar-refractivity contribution in [2.24, 2.45) is 0 Å². The highest BCUT2D eigenvalue weighted by Crippen LogP contribution is 2.10. The topological polar surface area (TPSA) is 43.7 Å². The van der Waals surface area contributed by atoms with Crippen LogP contribution in [0.4, 0.5) is 0 Å². The zero-order valence-electron chi connectivity index (χ0n) is 18.7. The first kappa shape index (κ1) is 26.6. The van der Waals surface area contributed by atoms with Gasteiger partial charge in [0.25, 0.3) is 0 Å². The molecule has 0 aromatic carbocycles. The number of nitrogens with zero attached hydrogens (tertiary/aromatic N) is 1. The van der Waals surface area contributed by atoms with Crippen LogP contribution in [0, 0.1) is 0 Å². The summed E-state index contributed by atoms with van der Waals surface area (Å²) in [5.41, 5.74) is 0. The fraction of sp³-hybridized carbons (Fsp3) is 0.917. The van der Waals surface area contributed by atoms with Crippen molar-refractivity contribution in [2.45, 2.75) is 123 Å². The number of hydrogen-bond donors (Lipinski definition) is 2. The number of aliphatic hydroxyl groups is 2. The lowest BCUT2D eigenvalue weighted by atomic mass is 10.1. The SMILES string of the molecule is CCCCCCCCCC/C=C/CCCCCCN(CC(C)O)CC(C)O. The monoisotopic (exact) mass is 383 g/mol. The van der Waals surface area contributed by atoms with Gasteiger partial charge in [-0.3, -0.25) is 4.90 Å². The first-order chi connectivity index (χ1) is 13.1. The van der Waals surface area contributed by atoms with Crippen molar-refractivity contribution >= 4 is 0 Å². The predicted octanol–water partition coefficient (Wildman–Crippen LogP) is 6.09. The number of unbranched alkanes of at least 4 members (excludes halogenated alkanes) is 12. The van der Waals surface area contributed by atoms with E-state index in [1.54, 1.807) is 0 Å². The lowest BCUT2D eigenvalue weighted by molar-refractivity contribution is 0.0825. The molecule has 0 amide bonds. The third kappa shape index (κ3) is 21.8. The summed E-state index contributed by atoms with van der Waals surface area (Å²) in [6.45, 7) is 8.20. The second-order valence-electron chi connectivity index (χ2n) is 8.40. The summed E-state index contributed by atoms with van der Waals surface area (Å²) >= 11 is 0. The van der Waals surface area contributed by atoms with Crippen LogP contribution in [0.15, 0.2) is 12.2 Å². The Kier molecular flexibility index (Phi) is 20.1. The molecule has 0 bridgehead atoms. The van der Waals surface area contributed by atoms with Gasteiger partial charge in [-0.25, -0.2) is 0 Å². The van der Waals surface area contributed by atoms with Gasteiger partial charge in [0, 0.05) is 13.1 Å². The van der Waals surface area contributed by atoms with Gasteiger partial charge in [0.15, 0.2) is 0 Å². The second kappa shape index (κ2) is 20.4. The minimum absolute atomic E-state index is 0.324. The van der Waals surface area contributed by atoms with Crippen LogP contribution in [0.5, 0.6) is 0 Å². The molecule has 0 aromatic rings. The van der Waals surface area contributed by atoms with E-state index < -0.39 is 0 Å². The fourth-order valence-corrected chi connectivity index (χ4v) is 3.59. The van der Waals surface area contributed by atoms with E-state index in [1.807, 2.05) is 13.8 Å². The van der Waals surface area contributed by atoms with Crippen molar-refractivity contribution in [1.29, 1.82) is 0 Å². The molecule has 27 heavy (non-hydrogen) atoms. The lowest BCUT2D eigenvalue weighted by Crippen LogP contribution is -2.36. The van der Waals surface area contributed by atoms with Crippen LogP contribution in [0.25, 0.3) is 0 Å². The average Bonchev–Trinajstić information content (AvgIpc) is 2.60. The smallest absolute Gasteiger partial charge is 0.0639 e. The van der Waals surface area contributed by atoms with Crippen LogP contribution < -0.4 is 0 Å². The van der Waals surface area contributed by atoms with Gasteiger partial charge in [-0.1, -0.05) is 76.9 Å². The third-order valence-corrected chi connectivity index (χ3v) is 5.03. The van der Waals surface area contributed by atoms with E-state index in [2.05, 4.69) is 24.0 Å². The standard InChI is InChI=1S/C24H49NO2/c1-4-5-6-7-8-9-10-11-12-13-14-15-16-17-18-19-20-25(21-23(2)26)22-24(3)27/h13-14,23-24,26-27H,4-12,15-22H2,1-3H3/b14-13+. The molecular formula is C24H49NO2. The van der Waals surface area contributed by atoms with Crippen molar-refractivity contribution in [3.05, 3.63) is 12.2 Å². The average molecular weight is 384 g/mol. The van der Waals surface area contributed by atoms with Crippen LogP contribution in [0.2, 0.25) is 0 Å². The summed E-state index contributed by atoms with van der Waals surface area (Å²) in [4.78, 5) is 2.18. The maximum atomic E-state index is 9.54. The largest absolute Gasteiger partial charge is 0.392 e. The number of rotatable bonds is 20. The van der Waals surface area contributed by atoms with Gasteiger partial charge in [-0.2, -0.15) is 0 Å². The van der Waals surface area contributed by atoms with Gasteiger partial charge in [0.2, 0.25) is 0 Å². The molecule has 162 valence electrons. The van der Waals surface area contributed by atoms with Gasteiger partial charge >= 0.3 is 0 Å². The minimum atomic E-state index is -0.324. The molecule has 2 atom stereocenters. The molecule has 0 radical (unpaired) electrons. The van der Waals surface area contributed by atoms with Crippen LogP contribution in [0.3, 0.4) is 0 Å². The molecule has 3 nitrogen and oxygen atoms in total. The Morgan fingerprint density at radius 2 is 1.04 bits per heavy atom. The molecule has 0 aliphatic carbocycles. The molecule has 2 N–H and O–H groups in total. The second-order valence-corrected chi connectivity index (χ2v) is 8.40. The highest BCUT2D eigenvalue weighted by atomic mass is 16.3. The summed E-state index contributed by atoms with van der Waals surface area (Å²) < 4.78 is 0. The molecule has 0 aliphatic rings. The van der Waals surface area contributed by atoms with Crippen molar-refractivity contribution in [1.82, 2.24) is 4.90 Å². The Labute approximate surface area is 170 Å². The number of hydrogen-bond acceptors (Lipinski definition) is 3. The van der Waals surface area contributed by atoms with Gasteiger partial charge < -0.3 is 10.2 Å². The molecule has 0 rings (SSSR count). The number of allylic oxidation sites excluding steroid dienone is 2. The van der Waals surface area contributed by atoms with E-state index in [9.17, 15) is 10.2 Å². The zero-order valence-corrected chi connectivity index (χ0v) is 18.7.